The highest BCUT2D eigenvalue weighted by Gasteiger charge is 2.36. The standard InChI is InChI=1S/C10H20N2O/c1-5-9(6-2)12-8(4)11-7(3)10(12)13/h7-9,11H,5-6H2,1-4H3. The number of nitrogens with zero attached hydrogens (tertiary/aromatic N) is 1. The Hall–Kier alpha value is -0.570. The maximum atomic E-state index is 11.7. The Balaban J connectivity index is 2.72. The first-order valence-corrected chi connectivity index (χ1v) is 5.20. The van der Waals surface area contributed by atoms with Crippen LogP contribution in [0.25, 0.3) is 0 Å². The predicted molar refractivity (Wildman–Crippen MR) is 53.3 cm³/mol. The topological polar surface area (TPSA) is 32.3 Å². The molecule has 1 aliphatic heterocycles. The van der Waals surface area contributed by atoms with Crippen LogP contribution >= 0.6 is 0 Å². The number of hydrogen-bond acceptors (Lipinski definition) is 2. The van der Waals surface area contributed by atoms with E-state index in [1.807, 2.05) is 11.8 Å². The molecule has 1 aliphatic rings. The zero-order chi connectivity index (χ0) is 10.0. The molecule has 13 heavy (non-hydrogen) atoms. The van der Waals surface area contributed by atoms with Gasteiger partial charge in [-0.3, -0.25) is 10.1 Å². The van der Waals surface area contributed by atoms with Gasteiger partial charge in [0.25, 0.3) is 0 Å². The van der Waals surface area contributed by atoms with Crippen LogP contribution in [-0.2, 0) is 4.79 Å². The fraction of sp³-hybridized carbons (Fsp3) is 0.900. The van der Waals surface area contributed by atoms with Gasteiger partial charge >= 0.3 is 0 Å². The maximum absolute atomic E-state index is 11.7. The van der Waals surface area contributed by atoms with Gasteiger partial charge in [-0.25, -0.2) is 0 Å². The minimum Gasteiger partial charge on any atom is -0.323 e. The van der Waals surface area contributed by atoms with Gasteiger partial charge in [0.2, 0.25) is 5.91 Å². The lowest BCUT2D eigenvalue weighted by atomic mass is 10.1. The summed E-state index contributed by atoms with van der Waals surface area (Å²) in [6.45, 7) is 8.26. The van der Waals surface area contributed by atoms with Crippen molar-refractivity contribution in [2.45, 2.75) is 58.8 Å². The second kappa shape index (κ2) is 4.09. The molecule has 0 aromatic carbocycles. The Morgan fingerprint density at radius 2 is 1.92 bits per heavy atom. The highest BCUT2D eigenvalue weighted by Crippen LogP contribution is 2.18. The summed E-state index contributed by atoms with van der Waals surface area (Å²) in [6, 6.07) is 0.399. The number of carbonyl (C=O) groups is 1. The van der Waals surface area contributed by atoms with Crippen molar-refractivity contribution in [2.24, 2.45) is 0 Å². The third-order valence-electron chi connectivity index (χ3n) is 2.87. The molecule has 0 aromatic rings. The summed E-state index contributed by atoms with van der Waals surface area (Å²) in [5.74, 6) is 0.251. The molecule has 0 radical (unpaired) electrons. The number of amides is 1. The van der Waals surface area contributed by atoms with Gasteiger partial charge in [-0.2, -0.15) is 0 Å². The smallest absolute Gasteiger partial charge is 0.240 e. The van der Waals surface area contributed by atoms with E-state index in [2.05, 4.69) is 26.1 Å². The van der Waals surface area contributed by atoms with Crippen LogP contribution in [0, 0.1) is 0 Å². The zero-order valence-electron chi connectivity index (χ0n) is 9.00. The molecule has 0 spiro atoms. The van der Waals surface area contributed by atoms with E-state index in [1.165, 1.54) is 0 Å². The fourth-order valence-corrected chi connectivity index (χ4v) is 2.11. The summed E-state index contributed by atoms with van der Waals surface area (Å²) < 4.78 is 0. The quantitative estimate of drug-likeness (QED) is 0.718. The molecular formula is C10H20N2O. The third kappa shape index (κ3) is 1.85. The van der Waals surface area contributed by atoms with Crippen LogP contribution in [0.15, 0.2) is 0 Å². The van der Waals surface area contributed by atoms with Gasteiger partial charge in [0.15, 0.2) is 0 Å². The molecule has 0 saturated carbocycles. The lowest BCUT2D eigenvalue weighted by Gasteiger charge is -2.29. The van der Waals surface area contributed by atoms with Crippen LogP contribution in [-0.4, -0.2) is 29.1 Å². The van der Waals surface area contributed by atoms with Crippen molar-refractivity contribution < 1.29 is 4.79 Å². The van der Waals surface area contributed by atoms with Crippen LogP contribution < -0.4 is 5.32 Å². The Bertz CT molecular complexity index is 189. The van der Waals surface area contributed by atoms with Gasteiger partial charge < -0.3 is 4.90 Å². The Kier molecular flexibility index (Phi) is 3.31. The van der Waals surface area contributed by atoms with Crippen molar-refractivity contribution in [1.29, 1.82) is 0 Å². The summed E-state index contributed by atoms with van der Waals surface area (Å²) in [7, 11) is 0. The first-order chi connectivity index (χ1) is 6.11. The van der Waals surface area contributed by atoms with E-state index in [0.717, 1.165) is 12.8 Å². The van der Waals surface area contributed by atoms with Crippen molar-refractivity contribution in [3.63, 3.8) is 0 Å². The Morgan fingerprint density at radius 1 is 1.38 bits per heavy atom. The average Bonchev–Trinajstić information content (AvgIpc) is 2.34. The molecule has 0 aromatic heterocycles. The molecule has 76 valence electrons. The monoisotopic (exact) mass is 184 g/mol. The largest absolute Gasteiger partial charge is 0.323 e. The minimum absolute atomic E-state index is 0.00407. The van der Waals surface area contributed by atoms with Gasteiger partial charge in [0.05, 0.1) is 12.2 Å². The van der Waals surface area contributed by atoms with E-state index in [9.17, 15) is 4.79 Å². The van der Waals surface area contributed by atoms with E-state index in [1.54, 1.807) is 0 Å². The minimum atomic E-state index is -0.00407. The molecule has 1 N–H and O–H groups in total. The van der Waals surface area contributed by atoms with Gasteiger partial charge in [0.1, 0.15) is 0 Å². The first kappa shape index (κ1) is 10.5. The molecule has 1 rings (SSSR count). The average molecular weight is 184 g/mol. The Morgan fingerprint density at radius 3 is 2.23 bits per heavy atom. The summed E-state index contributed by atoms with van der Waals surface area (Å²) in [4.78, 5) is 13.7. The second-order valence-corrected chi connectivity index (χ2v) is 3.78. The molecule has 1 amide bonds. The molecule has 2 atom stereocenters. The molecule has 3 heteroatoms. The van der Waals surface area contributed by atoms with Crippen LogP contribution in [0.1, 0.15) is 40.5 Å². The fourth-order valence-electron chi connectivity index (χ4n) is 2.11. The van der Waals surface area contributed by atoms with E-state index in [0.29, 0.717) is 6.04 Å². The summed E-state index contributed by atoms with van der Waals surface area (Å²) >= 11 is 0. The molecule has 0 bridgehead atoms. The van der Waals surface area contributed by atoms with E-state index in [-0.39, 0.29) is 18.1 Å². The summed E-state index contributed by atoms with van der Waals surface area (Å²) in [5, 5.41) is 3.24. The molecule has 1 fully saturated rings. The molecule has 0 aliphatic carbocycles. The van der Waals surface area contributed by atoms with Crippen molar-refractivity contribution in [2.75, 3.05) is 0 Å². The highest BCUT2D eigenvalue weighted by molar-refractivity contribution is 5.84. The summed E-state index contributed by atoms with van der Waals surface area (Å²) in [6.07, 6.45) is 2.29. The van der Waals surface area contributed by atoms with Gasteiger partial charge in [0, 0.05) is 6.04 Å². The van der Waals surface area contributed by atoms with Gasteiger partial charge in [-0.05, 0) is 26.7 Å². The SMILES string of the molecule is CCC(CC)N1C(=O)C(C)NC1C. The van der Waals surface area contributed by atoms with Gasteiger partial charge in [-0.1, -0.05) is 13.8 Å². The van der Waals surface area contributed by atoms with Crippen molar-refractivity contribution in [1.82, 2.24) is 10.2 Å². The number of nitrogens with one attached hydrogen (secondary N) is 1. The van der Waals surface area contributed by atoms with E-state index >= 15 is 0 Å². The molecule has 1 saturated heterocycles. The van der Waals surface area contributed by atoms with Crippen molar-refractivity contribution >= 4 is 5.91 Å². The van der Waals surface area contributed by atoms with Crippen molar-refractivity contribution in [3.8, 4) is 0 Å². The van der Waals surface area contributed by atoms with Crippen LogP contribution in [0.4, 0.5) is 0 Å². The second-order valence-electron chi connectivity index (χ2n) is 3.78. The highest BCUT2D eigenvalue weighted by atomic mass is 16.2. The lowest BCUT2D eigenvalue weighted by Crippen LogP contribution is -2.42. The first-order valence-electron chi connectivity index (χ1n) is 5.20. The molecule has 1 heterocycles. The van der Waals surface area contributed by atoms with E-state index in [4.69, 9.17) is 0 Å². The number of hydrogen-bond donors (Lipinski definition) is 1. The van der Waals surface area contributed by atoms with Crippen LogP contribution in [0.5, 0.6) is 0 Å². The summed E-state index contributed by atoms with van der Waals surface area (Å²) in [5.41, 5.74) is 0. The molecular weight excluding hydrogens is 164 g/mol. The maximum Gasteiger partial charge on any atom is 0.240 e. The van der Waals surface area contributed by atoms with Crippen LogP contribution in [0.3, 0.4) is 0 Å². The van der Waals surface area contributed by atoms with Gasteiger partial charge in [-0.15, -0.1) is 0 Å². The zero-order valence-corrected chi connectivity index (χ0v) is 9.00. The Labute approximate surface area is 80.5 Å². The third-order valence-corrected chi connectivity index (χ3v) is 2.87. The predicted octanol–water partition coefficient (Wildman–Crippen LogP) is 1.34. The van der Waals surface area contributed by atoms with E-state index < -0.39 is 0 Å². The van der Waals surface area contributed by atoms with Crippen molar-refractivity contribution in [3.05, 3.63) is 0 Å². The van der Waals surface area contributed by atoms with Crippen LogP contribution in [0.2, 0.25) is 0 Å². The molecule has 2 unspecified atom stereocenters. The lowest BCUT2D eigenvalue weighted by molar-refractivity contribution is -0.131. The number of carbonyl (C=O) groups excluding carboxylic acids is 1. The molecule has 3 nitrogen and oxygen atoms in total. The number of rotatable bonds is 3. The normalized spacial score (nSPS) is 29.0.